The molecule has 1 aromatic rings. The molecule has 0 bridgehead atoms. The van der Waals surface area contributed by atoms with Gasteiger partial charge in [0.15, 0.2) is 0 Å². The zero-order valence-electron chi connectivity index (χ0n) is 27.3. The summed E-state index contributed by atoms with van der Waals surface area (Å²) in [5.74, 6) is 0. The topological polar surface area (TPSA) is 3.24 Å². The van der Waals surface area contributed by atoms with Crippen molar-refractivity contribution < 1.29 is 0 Å². The first-order valence-electron chi connectivity index (χ1n) is 18.3. The van der Waals surface area contributed by atoms with Crippen molar-refractivity contribution in [3.8, 4) is 0 Å². The summed E-state index contributed by atoms with van der Waals surface area (Å²) in [6.45, 7) is 7.08. The predicted molar refractivity (Wildman–Crippen MR) is 192 cm³/mol. The number of rotatable bonds is 31. The van der Waals surface area contributed by atoms with Gasteiger partial charge < -0.3 is 4.90 Å². The van der Waals surface area contributed by atoms with E-state index < -0.39 is 0 Å². The van der Waals surface area contributed by atoms with Crippen molar-refractivity contribution in [2.24, 2.45) is 0 Å². The Bertz CT molecular complexity index is 580. The zero-order chi connectivity index (χ0) is 28.8. The third-order valence-electron chi connectivity index (χ3n) is 8.75. The first-order chi connectivity index (χ1) is 19.8. The van der Waals surface area contributed by atoms with Gasteiger partial charge in [-0.05, 0) is 59.7 Å². The summed E-state index contributed by atoms with van der Waals surface area (Å²) in [7, 11) is 0. The molecular weight excluding hydrogens is 597 g/mol. The zero-order valence-corrected chi connectivity index (χ0v) is 29.5. The van der Waals surface area contributed by atoms with Crippen molar-refractivity contribution in [3.05, 3.63) is 27.8 Å². The molecule has 0 aliphatic carbocycles. The highest BCUT2D eigenvalue weighted by molar-refractivity contribution is 14.1. The van der Waals surface area contributed by atoms with Crippen LogP contribution in [0.5, 0.6) is 0 Å². The standard InChI is InChI=1S/C38H70IN/c1-3-5-7-9-11-13-15-17-19-21-23-25-27-29-35-40(38-33-31-37(39)32-34-38)36-30-28-26-24-22-20-18-16-14-12-10-8-6-4-2/h31-34H,3-30,35-36H2,1-2H3. The molecule has 0 N–H and O–H groups in total. The third kappa shape index (κ3) is 24.4. The first kappa shape index (κ1) is 37.8. The van der Waals surface area contributed by atoms with Gasteiger partial charge in [0.2, 0.25) is 0 Å². The van der Waals surface area contributed by atoms with Crippen LogP contribution in [-0.4, -0.2) is 13.1 Å². The fourth-order valence-electron chi connectivity index (χ4n) is 6.02. The minimum atomic E-state index is 1.23. The van der Waals surface area contributed by atoms with Crippen LogP contribution < -0.4 is 4.90 Å². The van der Waals surface area contributed by atoms with Crippen LogP contribution in [0, 0.1) is 3.57 Å². The van der Waals surface area contributed by atoms with Crippen molar-refractivity contribution >= 4 is 28.3 Å². The molecule has 1 nitrogen and oxygen atoms in total. The van der Waals surface area contributed by atoms with E-state index >= 15 is 0 Å². The maximum atomic E-state index is 2.68. The summed E-state index contributed by atoms with van der Waals surface area (Å²) in [5.41, 5.74) is 1.44. The lowest BCUT2D eigenvalue weighted by molar-refractivity contribution is 0.529. The monoisotopic (exact) mass is 667 g/mol. The largest absolute Gasteiger partial charge is 0.372 e. The van der Waals surface area contributed by atoms with Crippen molar-refractivity contribution in [1.29, 1.82) is 0 Å². The number of nitrogens with zero attached hydrogens (tertiary/aromatic N) is 1. The SMILES string of the molecule is CCCCCCCCCCCCCCCCN(CCCCCCCCCCCCCCCC)c1ccc(I)cc1. The summed E-state index contributed by atoms with van der Waals surface area (Å²) < 4.78 is 1.34. The minimum absolute atomic E-state index is 1.23. The summed E-state index contributed by atoms with van der Waals surface area (Å²) in [4.78, 5) is 2.68. The average Bonchev–Trinajstić information content (AvgIpc) is 2.97. The molecule has 1 rings (SSSR count). The van der Waals surface area contributed by atoms with Gasteiger partial charge in [-0.2, -0.15) is 0 Å². The lowest BCUT2D eigenvalue weighted by Crippen LogP contribution is -2.25. The number of halogens is 1. The summed E-state index contributed by atoms with van der Waals surface area (Å²) >= 11 is 2.43. The van der Waals surface area contributed by atoms with Crippen LogP contribution in [0.25, 0.3) is 0 Å². The molecule has 0 amide bonds. The number of benzene rings is 1. The Balaban J connectivity index is 2.05. The summed E-state index contributed by atoms with van der Waals surface area (Å²) in [6, 6.07) is 9.24. The quantitative estimate of drug-likeness (QED) is 0.0563. The molecule has 0 aromatic heterocycles. The van der Waals surface area contributed by atoms with Gasteiger partial charge in [-0.15, -0.1) is 0 Å². The molecule has 0 spiro atoms. The molecule has 0 aliphatic heterocycles. The van der Waals surface area contributed by atoms with Crippen LogP contribution in [-0.2, 0) is 0 Å². The smallest absolute Gasteiger partial charge is 0.0366 e. The van der Waals surface area contributed by atoms with Crippen LogP contribution in [0.15, 0.2) is 24.3 Å². The molecular formula is C38H70IN. The van der Waals surface area contributed by atoms with Crippen LogP contribution >= 0.6 is 22.6 Å². The Hall–Kier alpha value is -0.250. The Morgan fingerprint density at radius 2 is 0.625 bits per heavy atom. The molecule has 0 saturated heterocycles. The average molecular weight is 668 g/mol. The molecule has 0 saturated carbocycles. The number of unbranched alkanes of at least 4 members (excludes halogenated alkanes) is 26. The van der Waals surface area contributed by atoms with Crippen LogP contribution in [0.4, 0.5) is 5.69 Å². The van der Waals surface area contributed by atoms with E-state index in [1.54, 1.807) is 0 Å². The van der Waals surface area contributed by atoms with Crippen molar-refractivity contribution in [3.63, 3.8) is 0 Å². The molecule has 0 atom stereocenters. The van der Waals surface area contributed by atoms with Crippen LogP contribution in [0.2, 0.25) is 0 Å². The van der Waals surface area contributed by atoms with Crippen molar-refractivity contribution in [2.45, 2.75) is 194 Å². The van der Waals surface area contributed by atoms with E-state index in [2.05, 4.69) is 65.6 Å². The lowest BCUT2D eigenvalue weighted by atomic mass is 10.0. The van der Waals surface area contributed by atoms with E-state index in [1.807, 2.05) is 0 Å². The predicted octanol–water partition coefficient (Wildman–Crippen LogP) is 14.1. The fourth-order valence-corrected chi connectivity index (χ4v) is 6.38. The molecule has 0 radical (unpaired) electrons. The highest BCUT2D eigenvalue weighted by atomic mass is 127. The van der Waals surface area contributed by atoms with Gasteiger partial charge in [0.1, 0.15) is 0 Å². The van der Waals surface area contributed by atoms with Gasteiger partial charge in [0.05, 0.1) is 0 Å². The molecule has 2 heteroatoms. The first-order valence-corrected chi connectivity index (χ1v) is 19.4. The van der Waals surface area contributed by atoms with E-state index in [9.17, 15) is 0 Å². The van der Waals surface area contributed by atoms with E-state index in [1.165, 1.54) is 202 Å². The Kier molecular flexibility index (Phi) is 28.5. The molecule has 0 heterocycles. The Morgan fingerprint density at radius 1 is 0.375 bits per heavy atom. The van der Waals surface area contributed by atoms with Crippen molar-refractivity contribution in [1.82, 2.24) is 0 Å². The second-order valence-electron chi connectivity index (χ2n) is 12.7. The minimum Gasteiger partial charge on any atom is -0.372 e. The van der Waals surface area contributed by atoms with Crippen molar-refractivity contribution in [2.75, 3.05) is 18.0 Å². The molecule has 40 heavy (non-hydrogen) atoms. The van der Waals surface area contributed by atoms with Crippen LogP contribution in [0.3, 0.4) is 0 Å². The van der Waals surface area contributed by atoms with Gasteiger partial charge in [-0.1, -0.05) is 181 Å². The maximum Gasteiger partial charge on any atom is 0.0366 e. The van der Waals surface area contributed by atoms with Gasteiger partial charge in [-0.3, -0.25) is 0 Å². The normalized spacial score (nSPS) is 11.4. The van der Waals surface area contributed by atoms with Gasteiger partial charge in [0, 0.05) is 22.3 Å². The molecule has 0 fully saturated rings. The Morgan fingerprint density at radius 3 is 0.900 bits per heavy atom. The highest BCUT2D eigenvalue weighted by Crippen LogP contribution is 2.20. The lowest BCUT2D eigenvalue weighted by Gasteiger charge is -2.25. The maximum absolute atomic E-state index is 2.68. The highest BCUT2D eigenvalue weighted by Gasteiger charge is 2.06. The second-order valence-corrected chi connectivity index (χ2v) is 13.9. The van der Waals surface area contributed by atoms with Gasteiger partial charge in [-0.25, -0.2) is 0 Å². The molecule has 234 valence electrons. The number of hydrogen-bond donors (Lipinski definition) is 0. The number of hydrogen-bond acceptors (Lipinski definition) is 1. The van der Waals surface area contributed by atoms with Gasteiger partial charge >= 0.3 is 0 Å². The molecule has 0 unspecified atom stereocenters. The second kappa shape index (κ2) is 30.2. The van der Waals surface area contributed by atoms with Gasteiger partial charge in [0.25, 0.3) is 0 Å². The van der Waals surface area contributed by atoms with E-state index in [0.717, 1.165) is 0 Å². The van der Waals surface area contributed by atoms with E-state index in [-0.39, 0.29) is 0 Å². The van der Waals surface area contributed by atoms with Crippen LogP contribution in [0.1, 0.15) is 194 Å². The summed E-state index contributed by atoms with van der Waals surface area (Å²) in [6.07, 6.45) is 40.2. The molecule has 1 aromatic carbocycles. The van der Waals surface area contributed by atoms with E-state index in [0.29, 0.717) is 0 Å². The fraction of sp³-hybridized carbons (Fsp3) is 0.842. The van der Waals surface area contributed by atoms with E-state index in [4.69, 9.17) is 0 Å². The Labute approximate surface area is 266 Å². The number of anilines is 1. The molecule has 0 aliphatic rings. The third-order valence-corrected chi connectivity index (χ3v) is 9.47. The summed E-state index contributed by atoms with van der Waals surface area (Å²) in [5, 5.41) is 0.